The van der Waals surface area contributed by atoms with Gasteiger partial charge in [-0.15, -0.1) is 0 Å². The van der Waals surface area contributed by atoms with Crippen LogP contribution in [0.4, 0.5) is 4.39 Å². The van der Waals surface area contributed by atoms with Crippen molar-refractivity contribution in [2.45, 2.75) is 32.0 Å². The lowest BCUT2D eigenvalue weighted by Gasteiger charge is -2.40. The number of benzene rings is 1. The summed E-state index contributed by atoms with van der Waals surface area (Å²) >= 11 is 5.77. The summed E-state index contributed by atoms with van der Waals surface area (Å²) in [6.45, 7) is 3.28. The molecule has 2 saturated heterocycles. The third kappa shape index (κ3) is 5.50. The summed E-state index contributed by atoms with van der Waals surface area (Å²) in [6, 6.07) is 4.58. The lowest BCUT2D eigenvalue weighted by Crippen LogP contribution is -2.60. The second-order valence-corrected chi connectivity index (χ2v) is 10.8. The number of rotatable bonds is 7. The normalized spacial score (nSPS) is 21.7. The van der Waals surface area contributed by atoms with Gasteiger partial charge in [0.2, 0.25) is 5.91 Å². The number of amides is 2. The largest absolute Gasteiger partial charge is 0.366 e. The van der Waals surface area contributed by atoms with Crippen LogP contribution in [-0.4, -0.2) is 85.7 Å². The first kappa shape index (κ1) is 26.3. The van der Waals surface area contributed by atoms with Gasteiger partial charge in [0.1, 0.15) is 18.0 Å². The molecular weight excluding hydrogens is 489 g/mol. The predicted octanol–water partition coefficient (Wildman–Crippen LogP) is 0.904. The van der Waals surface area contributed by atoms with Gasteiger partial charge in [0, 0.05) is 37.3 Å². The molecule has 0 spiro atoms. The van der Waals surface area contributed by atoms with E-state index in [2.05, 4.69) is 5.32 Å². The van der Waals surface area contributed by atoms with E-state index in [4.69, 9.17) is 21.6 Å². The molecule has 3 rings (SSSR count). The Labute approximate surface area is 203 Å². The molecule has 2 amide bonds. The highest BCUT2D eigenvalue weighted by molar-refractivity contribution is 7.86. The number of halogens is 2. The summed E-state index contributed by atoms with van der Waals surface area (Å²) in [6.07, 6.45) is -1.08. The minimum atomic E-state index is -3.81. The van der Waals surface area contributed by atoms with Crippen LogP contribution >= 0.6 is 11.6 Å². The van der Waals surface area contributed by atoms with Crippen LogP contribution in [0.15, 0.2) is 18.2 Å². The molecule has 0 saturated carbocycles. The minimum Gasteiger partial charge on any atom is -0.366 e. The molecule has 2 fully saturated rings. The number of carbonyl (C=O) groups is 2. The van der Waals surface area contributed by atoms with Crippen molar-refractivity contribution in [3.05, 3.63) is 34.6 Å². The maximum absolute atomic E-state index is 14.2. The number of nitrogens with one attached hydrogen (secondary N) is 1. The zero-order valence-corrected chi connectivity index (χ0v) is 20.6. The molecule has 1 N–H and O–H groups in total. The molecule has 2 heterocycles. The Morgan fingerprint density at radius 3 is 2.59 bits per heavy atom. The SMILES string of the molecule is CC(NC(=O)C(C)N(C)C(=O)[C@@H]1CN(S(=O)(=O)N2CC(C#N)C2)CCO1)c1ccc(Cl)cc1F. The van der Waals surface area contributed by atoms with Gasteiger partial charge in [-0.25, -0.2) is 4.39 Å². The number of carbonyl (C=O) groups excluding carboxylic acids is 2. The topological polar surface area (TPSA) is 123 Å². The fourth-order valence-electron chi connectivity index (χ4n) is 3.71. The highest BCUT2D eigenvalue weighted by atomic mass is 35.5. The summed E-state index contributed by atoms with van der Waals surface area (Å²) in [7, 11) is -2.39. The number of morpholine rings is 1. The predicted molar refractivity (Wildman–Crippen MR) is 121 cm³/mol. The van der Waals surface area contributed by atoms with E-state index in [9.17, 15) is 22.4 Å². The molecule has 10 nitrogen and oxygen atoms in total. The van der Waals surface area contributed by atoms with Gasteiger partial charge >= 0.3 is 0 Å². The molecule has 186 valence electrons. The Morgan fingerprint density at radius 1 is 1.29 bits per heavy atom. The maximum Gasteiger partial charge on any atom is 0.282 e. The number of nitrogens with zero attached hydrogens (tertiary/aromatic N) is 4. The van der Waals surface area contributed by atoms with Crippen molar-refractivity contribution in [1.82, 2.24) is 18.8 Å². The van der Waals surface area contributed by atoms with E-state index in [1.165, 1.54) is 35.3 Å². The molecular formula is C21H27ClFN5O5S. The maximum atomic E-state index is 14.2. The molecule has 13 heteroatoms. The van der Waals surface area contributed by atoms with Crippen molar-refractivity contribution >= 4 is 33.6 Å². The van der Waals surface area contributed by atoms with Crippen LogP contribution in [0.5, 0.6) is 0 Å². The molecule has 0 aliphatic carbocycles. The Hall–Kier alpha value is -2.30. The zero-order chi connectivity index (χ0) is 25.2. The first-order chi connectivity index (χ1) is 15.9. The van der Waals surface area contributed by atoms with Gasteiger partial charge < -0.3 is 15.0 Å². The summed E-state index contributed by atoms with van der Waals surface area (Å²) < 4.78 is 47.6. The number of ether oxygens (including phenoxy) is 1. The van der Waals surface area contributed by atoms with E-state index >= 15 is 0 Å². The van der Waals surface area contributed by atoms with E-state index in [0.717, 1.165) is 10.4 Å². The Kier molecular flexibility index (Phi) is 8.15. The Bertz CT molecular complexity index is 1090. The van der Waals surface area contributed by atoms with E-state index < -0.39 is 46.0 Å². The molecule has 1 aromatic carbocycles. The Morgan fingerprint density at radius 2 is 1.97 bits per heavy atom. The van der Waals surface area contributed by atoms with Crippen molar-refractivity contribution in [2.75, 3.05) is 39.8 Å². The van der Waals surface area contributed by atoms with E-state index in [1.807, 2.05) is 6.07 Å². The molecule has 2 aliphatic heterocycles. The molecule has 3 atom stereocenters. The van der Waals surface area contributed by atoms with Crippen LogP contribution in [0.25, 0.3) is 0 Å². The number of hydrogen-bond acceptors (Lipinski definition) is 6. The molecule has 2 aliphatic rings. The molecule has 0 radical (unpaired) electrons. The molecule has 34 heavy (non-hydrogen) atoms. The minimum absolute atomic E-state index is 0.0203. The number of likely N-dealkylation sites (N-methyl/N-ethyl adjacent to an activating group) is 1. The molecule has 0 aromatic heterocycles. The average Bonchev–Trinajstić information content (AvgIpc) is 2.76. The highest BCUT2D eigenvalue weighted by Crippen LogP contribution is 2.24. The van der Waals surface area contributed by atoms with Gasteiger partial charge in [0.25, 0.3) is 16.1 Å². The average molecular weight is 516 g/mol. The zero-order valence-electron chi connectivity index (χ0n) is 19.1. The van der Waals surface area contributed by atoms with Crippen LogP contribution in [0.2, 0.25) is 5.02 Å². The fourth-order valence-corrected chi connectivity index (χ4v) is 5.57. The lowest BCUT2D eigenvalue weighted by molar-refractivity contribution is -0.151. The monoisotopic (exact) mass is 515 g/mol. The van der Waals surface area contributed by atoms with Crippen molar-refractivity contribution in [1.29, 1.82) is 5.26 Å². The lowest BCUT2D eigenvalue weighted by atomic mass is 10.1. The quantitative estimate of drug-likeness (QED) is 0.575. The van der Waals surface area contributed by atoms with Crippen molar-refractivity contribution in [3.8, 4) is 6.07 Å². The molecule has 1 aromatic rings. The van der Waals surface area contributed by atoms with Crippen molar-refractivity contribution in [3.63, 3.8) is 0 Å². The van der Waals surface area contributed by atoms with E-state index in [1.54, 1.807) is 6.92 Å². The highest BCUT2D eigenvalue weighted by Gasteiger charge is 2.43. The van der Waals surface area contributed by atoms with Crippen LogP contribution in [0, 0.1) is 23.1 Å². The van der Waals surface area contributed by atoms with Crippen molar-refractivity contribution < 1.29 is 27.1 Å². The third-order valence-corrected chi connectivity index (χ3v) is 8.25. The van der Waals surface area contributed by atoms with E-state index in [-0.39, 0.29) is 49.3 Å². The van der Waals surface area contributed by atoms with Crippen LogP contribution in [0.3, 0.4) is 0 Å². The molecule has 0 bridgehead atoms. The van der Waals surface area contributed by atoms with Gasteiger partial charge in [-0.05, 0) is 26.0 Å². The second kappa shape index (κ2) is 10.5. The van der Waals surface area contributed by atoms with Crippen LogP contribution in [-0.2, 0) is 24.5 Å². The van der Waals surface area contributed by atoms with Crippen molar-refractivity contribution in [2.24, 2.45) is 5.92 Å². The van der Waals surface area contributed by atoms with E-state index in [0.29, 0.717) is 0 Å². The summed E-state index contributed by atoms with van der Waals surface area (Å²) in [5.41, 5.74) is 0.250. The van der Waals surface area contributed by atoms with Gasteiger partial charge in [-0.3, -0.25) is 9.59 Å². The number of hydrogen-bond donors (Lipinski definition) is 1. The van der Waals surface area contributed by atoms with Gasteiger partial charge in [-0.1, -0.05) is 17.7 Å². The standard InChI is InChI=1S/C21H27ClFN5O5S/c1-13(17-5-4-16(22)8-18(17)23)25-20(29)14(2)26(3)21(30)19-12-27(6-7-33-19)34(31,32)28-10-15(9-24)11-28/h4-5,8,13-15,19H,6-7,10-12H2,1-3H3,(H,25,29)/t13?,14?,19-/m0/s1. The second-order valence-electron chi connectivity index (χ2n) is 8.39. The fraction of sp³-hybridized carbons (Fsp3) is 0.571. The number of nitriles is 1. The smallest absolute Gasteiger partial charge is 0.282 e. The van der Waals surface area contributed by atoms with Gasteiger partial charge in [-0.2, -0.15) is 22.3 Å². The van der Waals surface area contributed by atoms with Gasteiger partial charge in [0.05, 0.1) is 31.2 Å². The van der Waals surface area contributed by atoms with Crippen LogP contribution in [0.1, 0.15) is 25.5 Å². The molecule has 2 unspecified atom stereocenters. The Balaban J connectivity index is 1.60. The first-order valence-electron chi connectivity index (χ1n) is 10.7. The third-order valence-electron chi connectivity index (χ3n) is 6.08. The summed E-state index contributed by atoms with van der Waals surface area (Å²) in [4.78, 5) is 26.9. The van der Waals surface area contributed by atoms with Gasteiger partial charge in [0.15, 0.2) is 0 Å². The summed E-state index contributed by atoms with van der Waals surface area (Å²) in [5.74, 6) is -1.95. The summed E-state index contributed by atoms with van der Waals surface area (Å²) in [5, 5.41) is 11.8. The van der Waals surface area contributed by atoms with Crippen LogP contribution < -0.4 is 5.32 Å². The first-order valence-corrected chi connectivity index (χ1v) is 12.5.